The molecular formula is C22H34ClN3O6. The fourth-order valence-corrected chi connectivity index (χ4v) is 2.85. The lowest BCUT2D eigenvalue weighted by Gasteiger charge is -2.24. The Kier molecular flexibility index (Phi) is 11.9. The third kappa shape index (κ3) is 11.8. The minimum absolute atomic E-state index is 0.0664. The molecule has 1 rings (SSSR count). The number of alkyl carbamates (subject to hydrolysis) is 2. The fourth-order valence-electron chi connectivity index (χ4n) is 2.66. The minimum Gasteiger partial charge on any atom is -0.445 e. The quantitative estimate of drug-likeness (QED) is 0.372. The molecule has 1 aromatic carbocycles. The topological polar surface area (TPSA) is 106 Å². The second kappa shape index (κ2) is 13.8. The number of halogens is 1. The Morgan fingerprint density at radius 2 is 1.81 bits per heavy atom. The molecule has 0 heterocycles. The van der Waals surface area contributed by atoms with E-state index in [9.17, 15) is 14.4 Å². The van der Waals surface area contributed by atoms with Crippen LogP contribution in [0, 0.1) is 0 Å². The molecule has 0 unspecified atom stereocenters. The van der Waals surface area contributed by atoms with Gasteiger partial charge in [0.2, 0.25) is 5.91 Å². The van der Waals surface area contributed by atoms with Gasteiger partial charge in [-0.05, 0) is 46.1 Å². The molecule has 0 saturated heterocycles. The van der Waals surface area contributed by atoms with E-state index in [0.29, 0.717) is 30.8 Å². The van der Waals surface area contributed by atoms with Gasteiger partial charge in [0.1, 0.15) is 12.2 Å². The molecule has 0 fully saturated rings. The van der Waals surface area contributed by atoms with Crippen molar-refractivity contribution >= 4 is 29.7 Å². The second-order valence-corrected chi connectivity index (χ2v) is 8.62. The van der Waals surface area contributed by atoms with Crippen LogP contribution >= 0.6 is 11.6 Å². The van der Waals surface area contributed by atoms with E-state index in [1.165, 1.54) is 14.2 Å². The van der Waals surface area contributed by atoms with Crippen molar-refractivity contribution in [3.63, 3.8) is 0 Å². The molecule has 0 bridgehead atoms. The lowest BCUT2D eigenvalue weighted by Crippen LogP contribution is -2.42. The number of hydrogen-bond donors (Lipinski definition) is 2. The zero-order valence-corrected chi connectivity index (χ0v) is 20.2. The average molecular weight is 472 g/mol. The summed E-state index contributed by atoms with van der Waals surface area (Å²) in [5, 5.41) is 7.06. The van der Waals surface area contributed by atoms with Crippen molar-refractivity contribution in [1.29, 1.82) is 0 Å². The van der Waals surface area contributed by atoms with E-state index in [0.717, 1.165) is 10.6 Å². The maximum absolute atomic E-state index is 12.2. The zero-order valence-electron chi connectivity index (χ0n) is 19.4. The Balaban J connectivity index is 2.41. The van der Waals surface area contributed by atoms with E-state index >= 15 is 0 Å². The number of rotatable bonds is 11. The molecule has 180 valence electrons. The summed E-state index contributed by atoms with van der Waals surface area (Å²) >= 11 is 6.03. The summed E-state index contributed by atoms with van der Waals surface area (Å²) in [4.78, 5) is 41.0. The first-order valence-corrected chi connectivity index (χ1v) is 10.8. The third-order valence-electron chi connectivity index (χ3n) is 4.33. The summed E-state index contributed by atoms with van der Waals surface area (Å²) in [5.41, 5.74) is 0.0852. The molecule has 10 heteroatoms. The smallest absolute Gasteiger partial charge is 0.407 e. The predicted molar refractivity (Wildman–Crippen MR) is 121 cm³/mol. The van der Waals surface area contributed by atoms with E-state index in [1.54, 1.807) is 39.0 Å². The monoisotopic (exact) mass is 471 g/mol. The van der Waals surface area contributed by atoms with Crippen LogP contribution < -0.4 is 10.6 Å². The van der Waals surface area contributed by atoms with Crippen molar-refractivity contribution in [3.8, 4) is 0 Å². The molecule has 1 atom stereocenters. The molecule has 0 spiro atoms. The van der Waals surface area contributed by atoms with Crippen molar-refractivity contribution in [2.45, 2.75) is 64.7 Å². The lowest BCUT2D eigenvalue weighted by atomic mass is 10.1. The Bertz CT molecular complexity index is 753. The molecule has 0 aliphatic carbocycles. The van der Waals surface area contributed by atoms with Gasteiger partial charge in [-0.25, -0.2) is 14.7 Å². The minimum atomic E-state index is -0.643. The van der Waals surface area contributed by atoms with Gasteiger partial charge in [0.05, 0.1) is 7.11 Å². The number of ether oxygens (including phenoxy) is 2. The van der Waals surface area contributed by atoms with E-state index < -0.39 is 23.8 Å². The molecule has 0 aliphatic rings. The van der Waals surface area contributed by atoms with Crippen molar-refractivity contribution in [1.82, 2.24) is 15.7 Å². The van der Waals surface area contributed by atoms with Gasteiger partial charge in [0, 0.05) is 36.6 Å². The summed E-state index contributed by atoms with van der Waals surface area (Å²) in [7, 11) is 2.90. The summed E-state index contributed by atoms with van der Waals surface area (Å²) in [6.45, 7) is 5.78. The van der Waals surface area contributed by atoms with Gasteiger partial charge in [-0.3, -0.25) is 9.63 Å². The molecule has 1 aromatic rings. The Morgan fingerprint density at radius 3 is 2.44 bits per heavy atom. The summed E-state index contributed by atoms with van der Waals surface area (Å²) in [6, 6.07) is 6.71. The van der Waals surface area contributed by atoms with Gasteiger partial charge >= 0.3 is 12.2 Å². The predicted octanol–water partition coefficient (Wildman–Crippen LogP) is 4.04. The van der Waals surface area contributed by atoms with Crippen LogP contribution in [0.3, 0.4) is 0 Å². The molecule has 3 amide bonds. The van der Waals surface area contributed by atoms with Gasteiger partial charge in [-0.15, -0.1) is 0 Å². The van der Waals surface area contributed by atoms with Crippen LogP contribution in [0.15, 0.2) is 24.3 Å². The first kappa shape index (κ1) is 27.5. The molecule has 32 heavy (non-hydrogen) atoms. The van der Waals surface area contributed by atoms with E-state index in [-0.39, 0.29) is 18.9 Å². The molecular weight excluding hydrogens is 438 g/mol. The molecule has 0 radical (unpaired) electrons. The molecule has 2 N–H and O–H groups in total. The first-order chi connectivity index (χ1) is 15.0. The highest BCUT2D eigenvalue weighted by atomic mass is 35.5. The Labute approximate surface area is 194 Å². The highest BCUT2D eigenvalue weighted by Gasteiger charge is 2.22. The zero-order chi connectivity index (χ0) is 24.1. The maximum atomic E-state index is 12.2. The molecule has 9 nitrogen and oxygen atoms in total. The first-order valence-electron chi connectivity index (χ1n) is 10.5. The van der Waals surface area contributed by atoms with Crippen LogP contribution in [0.1, 0.15) is 52.0 Å². The molecule has 0 saturated carbocycles. The highest BCUT2D eigenvalue weighted by molar-refractivity contribution is 6.31. The van der Waals surface area contributed by atoms with Gasteiger partial charge in [-0.1, -0.05) is 29.8 Å². The number of unbranched alkanes of at least 4 members (excludes halogenated alkanes) is 1. The number of nitrogens with zero attached hydrogens (tertiary/aromatic N) is 1. The number of amides is 3. The SMILES string of the molecule is CON(C)C(=O)C[C@H](CCCCNC(=O)OCc1ccccc1Cl)NC(=O)OC(C)(C)C. The summed E-state index contributed by atoms with van der Waals surface area (Å²) in [5.74, 6) is -0.269. The maximum Gasteiger partial charge on any atom is 0.407 e. The van der Waals surface area contributed by atoms with Crippen LogP contribution in [0.25, 0.3) is 0 Å². The van der Waals surface area contributed by atoms with Crippen LogP contribution in [0.2, 0.25) is 5.02 Å². The standard InChI is InChI=1S/C22H34ClN3O6/c1-22(2,3)32-21(29)25-17(14-19(27)26(4)30-5)11-8-9-13-24-20(28)31-15-16-10-6-7-12-18(16)23/h6-7,10,12,17H,8-9,11,13-15H2,1-5H3,(H,24,28)(H,25,29)/t17-/m0/s1. The van der Waals surface area contributed by atoms with Gasteiger partial charge < -0.3 is 20.1 Å². The number of nitrogens with one attached hydrogen (secondary N) is 2. The van der Waals surface area contributed by atoms with Crippen LogP contribution in [-0.2, 0) is 25.7 Å². The van der Waals surface area contributed by atoms with Gasteiger partial charge in [0.25, 0.3) is 0 Å². The van der Waals surface area contributed by atoms with Crippen LogP contribution in [-0.4, -0.2) is 55.5 Å². The fraction of sp³-hybridized carbons (Fsp3) is 0.591. The highest BCUT2D eigenvalue weighted by Crippen LogP contribution is 2.15. The van der Waals surface area contributed by atoms with Crippen LogP contribution in [0.4, 0.5) is 9.59 Å². The summed E-state index contributed by atoms with van der Waals surface area (Å²) < 4.78 is 10.4. The normalized spacial score (nSPS) is 11.9. The third-order valence-corrected chi connectivity index (χ3v) is 4.70. The molecule has 0 aromatic heterocycles. The Morgan fingerprint density at radius 1 is 1.12 bits per heavy atom. The van der Waals surface area contributed by atoms with Crippen molar-refractivity contribution < 1.29 is 28.7 Å². The van der Waals surface area contributed by atoms with Crippen molar-refractivity contribution in [2.75, 3.05) is 20.7 Å². The van der Waals surface area contributed by atoms with Gasteiger partial charge in [-0.2, -0.15) is 0 Å². The average Bonchev–Trinajstić information content (AvgIpc) is 2.70. The number of benzene rings is 1. The van der Waals surface area contributed by atoms with Crippen molar-refractivity contribution in [2.24, 2.45) is 0 Å². The number of hydrogen-bond acceptors (Lipinski definition) is 6. The van der Waals surface area contributed by atoms with Crippen LogP contribution in [0.5, 0.6) is 0 Å². The van der Waals surface area contributed by atoms with Crippen molar-refractivity contribution in [3.05, 3.63) is 34.9 Å². The van der Waals surface area contributed by atoms with E-state index in [4.69, 9.17) is 25.9 Å². The van der Waals surface area contributed by atoms with E-state index in [2.05, 4.69) is 10.6 Å². The number of carbonyl (C=O) groups is 3. The summed E-state index contributed by atoms with van der Waals surface area (Å²) in [6.07, 6.45) is 0.773. The molecule has 0 aliphatic heterocycles. The lowest BCUT2D eigenvalue weighted by molar-refractivity contribution is -0.169. The van der Waals surface area contributed by atoms with E-state index in [1.807, 2.05) is 6.07 Å². The van der Waals surface area contributed by atoms with Gasteiger partial charge in [0.15, 0.2) is 0 Å². The second-order valence-electron chi connectivity index (χ2n) is 8.21. The largest absolute Gasteiger partial charge is 0.445 e. The number of hydroxylamine groups is 2. The number of carbonyl (C=O) groups excluding carboxylic acids is 3. The Hall–Kier alpha value is -2.52.